The second kappa shape index (κ2) is 11.6. The molecule has 0 saturated heterocycles. The highest BCUT2D eigenvalue weighted by molar-refractivity contribution is 7.25. The normalized spacial score (nSPS) is 15.2. The molecule has 0 fully saturated rings. The van der Waals surface area contributed by atoms with Crippen LogP contribution in [0.5, 0.6) is 0 Å². The number of furan rings is 1. The number of para-hydroxylation sites is 1. The van der Waals surface area contributed by atoms with Crippen molar-refractivity contribution in [2.75, 3.05) is 0 Å². The van der Waals surface area contributed by atoms with E-state index in [9.17, 15) is 0 Å². The molecule has 0 spiro atoms. The maximum absolute atomic E-state index is 6.32. The summed E-state index contributed by atoms with van der Waals surface area (Å²) in [5.41, 5.74) is 11.1. The summed E-state index contributed by atoms with van der Waals surface area (Å²) in [5.74, 6) is 0. The molecule has 1 atom stereocenters. The number of hydrogen-bond donors (Lipinski definition) is 1. The van der Waals surface area contributed by atoms with E-state index in [4.69, 9.17) is 9.41 Å². The Morgan fingerprint density at radius 1 is 0.580 bits per heavy atom. The molecule has 1 N–H and O–H groups in total. The lowest BCUT2D eigenvalue weighted by Gasteiger charge is -2.20. The number of aliphatic imine (C=N–C) groups is 1. The number of allylic oxidation sites excluding steroid dienone is 1. The van der Waals surface area contributed by atoms with E-state index < -0.39 is 0 Å². The number of benzene rings is 7. The van der Waals surface area contributed by atoms with Gasteiger partial charge < -0.3 is 9.73 Å². The van der Waals surface area contributed by atoms with E-state index in [2.05, 4.69) is 152 Å². The van der Waals surface area contributed by atoms with Crippen molar-refractivity contribution in [1.29, 1.82) is 0 Å². The third-order valence-corrected chi connectivity index (χ3v) is 11.3. The van der Waals surface area contributed by atoms with Crippen LogP contribution in [0, 0.1) is 0 Å². The summed E-state index contributed by atoms with van der Waals surface area (Å²) in [6.07, 6.45) is 0.421. The van der Waals surface area contributed by atoms with Gasteiger partial charge in [0.15, 0.2) is 0 Å². The fourth-order valence-corrected chi connectivity index (χ4v) is 8.93. The summed E-state index contributed by atoms with van der Waals surface area (Å²) >= 11 is 1.86. The molecule has 3 heterocycles. The Balaban J connectivity index is 1.20. The van der Waals surface area contributed by atoms with E-state index in [-0.39, 0.29) is 6.17 Å². The van der Waals surface area contributed by atoms with Crippen molar-refractivity contribution in [1.82, 2.24) is 5.32 Å². The molecular formula is C46H32N2OS. The van der Waals surface area contributed by atoms with E-state index in [1.807, 2.05) is 23.5 Å². The Kier molecular flexibility index (Phi) is 6.71. The molecule has 0 amide bonds. The van der Waals surface area contributed by atoms with Crippen molar-refractivity contribution >= 4 is 75.6 Å². The van der Waals surface area contributed by atoms with E-state index >= 15 is 0 Å². The third kappa shape index (κ3) is 4.67. The summed E-state index contributed by atoms with van der Waals surface area (Å²) in [5, 5.41) is 11.3. The van der Waals surface area contributed by atoms with Gasteiger partial charge >= 0.3 is 0 Å². The third-order valence-electron chi connectivity index (χ3n) is 10.1. The van der Waals surface area contributed by atoms with Crippen LogP contribution in [0.3, 0.4) is 0 Å². The largest absolute Gasteiger partial charge is 0.456 e. The maximum Gasteiger partial charge on any atom is 0.145 e. The standard InChI is InChI=1S/C46H32N2OS/c1-28-26-38(33-15-5-4-14-32(33)34-18-10-21-40-43(34)35-16-6-8-20-39(35)49-40)47-46(31-25-24-29-12-2-3-13-30(29)27-31)48-45(28)37-19-11-23-42-44(37)36-17-7-9-22-41(36)50-42/h2-25,27,46,48H,26H2,1H3. The molecular weight excluding hydrogens is 629 g/mol. The van der Waals surface area contributed by atoms with E-state index in [0.717, 1.165) is 55.6 Å². The SMILES string of the molecule is CC1=C(c2cccc3sc4ccccc4c23)NC(c2ccc3ccccc3c2)N=C(c2ccccc2-c2cccc3oc4ccccc4c23)C1. The first-order valence-corrected chi connectivity index (χ1v) is 17.9. The molecule has 1 aliphatic rings. The zero-order valence-electron chi connectivity index (χ0n) is 27.5. The van der Waals surface area contributed by atoms with Crippen molar-refractivity contribution < 1.29 is 4.42 Å². The zero-order valence-corrected chi connectivity index (χ0v) is 28.3. The average Bonchev–Trinajstić information content (AvgIpc) is 3.69. The first-order chi connectivity index (χ1) is 24.7. The summed E-state index contributed by atoms with van der Waals surface area (Å²) in [4.78, 5) is 5.64. The van der Waals surface area contributed by atoms with Crippen LogP contribution in [-0.4, -0.2) is 5.71 Å². The second-order valence-electron chi connectivity index (χ2n) is 13.2. The van der Waals surface area contributed by atoms with Gasteiger partial charge in [-0.05, 0) is 70.3 Å². The van der Waals surface area contributed by atoms with Crippen molar-refractivity contribution in [3.63, 3.8) is 0 Å². The van der Waals surface area contributed by atoms with E-state index in [1.54, 1.807) is 0 Å². The predicted octanol–water partition coefficient (Wildman–Crippen LogP) is 12.7. The van der Waals surface area contributed by atoms with Crippen LogP contribution in [0.4, 0.5) is 0 Å². The van der Waals surface area contributed by atoms with Crippen LogP contribution in [0.15, 0.2) is 167 Å². The highest BCUT2D eigenvalue weighted by atomic mass is 32.1. The Labute approximate surface area is 293 Å². The van der Waals surface area contributed by atoms with Crippen LogP contribution in [0.1, 0.15) is 36.2 Å². The van der Waals surface area contributed by atoms with Gasteiger partial charge in [-0.15, -0.1) is 11.3 Å². The van der Waals surface area contributed by atoms with E-state index in [1.165, 1.54) is 42.1 Å². The maximum atomic E-state index is 6.32. The minimum Gasteiger partial charge on any atom is -0.456 e. The number of thiophene rings is 1. The van der Waals surface area contributed by atoms with Crippen molar-refractivity contribution in [2.45, 2.75) is 19.5 Å². The Morgan fingerprint density at radius 3 is 2.18 bits per heavy atom. The first kappa shape index (κ1) is 29.0. The molecule has 2 aromatic heterocycles. The summed E-state index contributed by atoms with van der Waals surface area (Å²) < 4.78 is 8.92. The van der Waals surface area contributed by atoms with Crippen molar-refractivity contribution in [3.8, 4) is 11.1 Å². The number of rotatable bonds is 4. The fraction of sp³-hybridized carbons (Fsp3) is 0.0652. The van der Waals surface area contributed by atoms with Gasteiger partial charge in [-0.1, -0.05) is 121 Å². The molecule has 1 aliphatic heterocycles. The zero-order chi connectivity index (χ0) is 33.2. The monoisotopic (exact) mass is 660 g/mol. The van der Waals surface area contributed by atoms with Gasteiger partial charge in [-0.25, -0.2) is 0 Å². The molecule has 0 aliphatic carbocycles. The van der Waals surface area contributed by atoms with Gasteiger partial charge in [0, 0.05) is 59.9 Å². The smallest absolute Gasteiger partial charge is 0.145 e. The van der Waals surface area contributed by atoms with Crippen molar-refractivity contribution in [3.05, 3.63) is 174 Å². The van der Waals surface area contributed by atoms with E-state index in [0.29, 0.717) is 6.42 Å². The molecule has 0 saturated carbocycles. The molecule has 7 aromatic carbocycles. The molecule has 238 valence electrons. The predicted molar refractivity (Wildman–Crippen MR) is 212 cm³/mol. The lowest BCUT2D eigenvalue weighted by Crippen LogP contribution is -2.19. The second-order valence-corrected chi connectivity index (χ2v) is 14.2. The summed E-state index contributed by atoms with van der Waals surface area (Å²) in [7, 11) is 0. The van der Waals surface area contributed by atoms with Crippen LogP contribution in [0.2, 0.25) is 0 Å². The fourth-order valence-electron chi connectivity index (χ4n) is 7.79. The number of nitrogens with one attached hydrogen (secondary N) is 1. The molecule has 10 rings (SSSR count). The van der Waals surface area contributed by atoms with Crippen LogP contribution in [0.25, 0.3) is 69.7 Å². The van der Waals surface area contributed by atoms with Gasteiger partial charge in [0.2, 0.25) is 0 Å². The topological polar surface area (TPSA) is 37.5 Å². The van der Waals surface area contributed by atoms with Gasteiger partial charge in [0.05, 0.1) is 0 Å². The van der Waals surface area contributed by atoms with Crippen LogP contribution < -0.4 is 5.32 Å². The van der Waals surface area contributed by atoms with Crippen LogP contribution in [-0.2, 0) is 0 Å². The minimum atomic E-state index is -0.291. The molecule has 4 heteroatoms. The number of fused-ring (bicyclic) bond motifs is 7. The Bertz CT molecular complexity index is 2850. The quantitative estimate of drug-likeness (QED) is 0.204. The minimum absolute atomic E-state index is 0.291. The number of hydrogen-bond acceptors (Lipinski definition) is 4. The first-order valence-electron chi connectivity index (χ1n) is 17.1. The lowest BCUT2D eigenvalue weighted by atomic mass is 9.90. The Hall–Kier alpha value is -5.97. The summed E-state index contributed by atoms with van der Waals surface area (Å²) in [6, 6.07) is 54.2. The average molecular weight is 661 g/mol. The lowest BCUT2D eigenvalue weighted by molar-refractivity contribution is 0.669. The Morgan fingerprint density at radius 2 is 1.26 bits per heavy atom. The highest BCUT2D eigenvalue weighted by Gasteiger charge is 2.25. The van der Waals surface area contributed by atoms with Crippen LogP contribution >= 0.6 is 11.3 Å². The summed E-state index contributed by atoms with van der Waals surface area (Å²) in [6.45, 7) is 2.26. The molecule has 3 nitrogen and oxygen atoms in total. The molecule has 0 radical (unpaired) electrons. The number of nitrogens with zero attached hydrogens (tertiary/aromatic N) is 1. The van der Waals surface area contributed by atoms with Crippen molar-refractivity contribution in [2.24, 2.45) is 4.99 Å². The molecule has 50 heavy (non-hydrogen) atoms. The molecule has 0 bridgehead atoms. The van der Waals surface area contributed by atoms with Gasteiger partial charge in [-0.2, -0.15) is 0 Å². The molecule has 9 aromatic rings. The molecule has 1 unspecified atom stereocenters. The van der Waals surface area contributed by atoms with Gasteiger partial charge in [0.25, 0.3) is 0 Å². The van der Waals surface area contributed by atoms with Gasteiger partial charge in [-0.3, -0.25) is 4.99 Å². The van der Waals surface area contributed by atoms with Gasteiger partial charge in [0.1, 0.15) is 17.3 Å². The highest BCUT2D eigenvalue weighted by Crippen LogP contribution is 2.42.